The third-order valence-electron chi connectivity index (χ3n) is 4.57. The first kappa shape index (κ1) is 14.9. The Hall–Kier alpha value is -1.97. The predicted octanol–water partition coefficient (Wildman–Crippen LogP) is 4.05. The van der Waals surface area contributed by atoms with Crippen LogP contribution in [0.3, 0.4) is 0 Å². The summed E-state index contributed by atoms with van der Waals surface area (Å²) in [7, 11) is 1.90. The first-order valence-electron chi connectivity index (χ1n) is 8.09. The average molecular weight is 296 g/mol. The van der Waals surface area contributed by atoms with Crippen LogP contribution in [0.15, 0.2) is 29.6 Å². The maximum atomic E-state index is 4.62. The Balaban J connectivity index is 2.09. The van der Waals surface area contributed by atoms with E-state index in [1.165, 1.54) is 36.1 Å². The Morgan fingerprint density at radius 1 is 1.36 bits per heavy atom. The molecule has 1 aliphatic carbocycles. The van der Waals surface area contributed by atoms with Gasteiger partial charge >= 0.3 is 0 Å². The molecule has 3 rings (SSSR count). The Morgan fingerprint density at radius 3 is 2.68 bits per heavy atom. The predicted molar refractivity (Wildman–Crippen MR) is 90.4 cm³/mol. The highest BCUT2D eigenvalue weighted by Crippen LogP contribution is 2.35. The molecule has 116 valence electrons. The summed E-state index contributed by atoms with van der Waals surface area (Å²) >= 11 is 0. The summed E-state index contributed by atoms with van der Waals surface area (Å²) in [6.45, 7) is 6.36. The molecule has 0 aromatic carbocycles. The van der Waals surface area contributed by atoms with Crippen molar-refractivity contribution >= 4 is 5.71 Å². The van der Waals surface area contributed by atoms with Gasteiger partial charge in [-0.15, -0.1) is 0 Å². The van der Waals surface area contributed by atoms with Crippen LogP contribution >= 0.6 is 0 Å². The summed E-state index contributed by atoms with van der Waals surface area (Å²) in [6, 6.07) is 2.46. The Bertz CT molecular complexity index is 693. The van der Waals surface area contributed by atoms with Gasteiger partial charge in [-0.25, -0.2) is 0 Å². The van der Waals surface area contributed by atoms with Crippen LogP contribution in [0, 0.1) is 12.8 Å². The molecule has 0 amide bonds. The maximum absolute atomic E-state index is 4.62. The van der Waals surface area contributed by atoms with Crippen LogP contribution in [0.1, 0.15) is 50.4 Å². The molecule has 0 N–H and O–H groups in total. The molecule has 0 aliphatic heterocycles. The quantitative estimate of drug-likeness (QED) is 0.799. The largest absolute Gasteiger partial charge is 0.292 e. The number of rotatable bonds is 4. The molecule has 2 heterocycles. The smallest absolute Gasteiger partial charge is 0.0568 e. The van der Waals surface area contributed by atoms with Gasteiger partial charge in [0.05, 0.1) is 6.20 Å². The minimum absolute atomic E-state index is 0.367. The zero-order chi connectivity index (χ0) is 15.7. The highest BCUT2D eigenvalue weighted by Gasteiger charge is 2.27. The SMILES string of the molecule is CN=C(c1c(-c2cnn(C(C)C)c2)ccnc1C)C1CCC1. The summed E-state index contributed by atoms with van der Waals surface area (Å²) in [5.74, 6) is 0.590. The summed E-state index contributed by atoms with van der Waals surface area (Å²) in [5.41, 5.74) is 5.83. The Morgan fingerprint density at radius 2 is 2.14 bits per heavy atom. The first-order valence-corrected chi connectivity index (χ1v) is 8.09. The molecule has 1 saturated carbocycles. The van der Waals surface area contributed by atoms with Gasteiger partial charge in [0.1, 0.15) is 0 Å². The van der Waals surface area contributed by atoms with E-state index in [0.717, 1.165) is 11.3 Å². The number of pyridine rings is 1. The molecule has 0 spiro atoms. The lowest BCUT2D eigenvalue weighted by molar-refractivity contribution is 0.413. The van der Waals surface area contributed by atoms with Gasteiger partial charge in [0.15, 0.2) is 0 Å². The molecule has 1 fully saturated rings. The van der Waals surface area contributed by atoms with E-state index in [4.69, 9.17) is 0 Å². The van der Waals surface area contributed by atoms with Gasteiger partial charge in [-0.3, -0.25) is 14.7 Å². The normalized spacial score (nSPS) is 16.1. The fourth-order valence-corrected chi connectivity index (χ4v) is 3.07. The van der Waals surface area contributed by atoms with Gasteiger partial charge in [0, 0.05) is 53.9 Å². The summed E-state index contributed by atoms with van der Waals surface area (Å²) in [5, 5.41) is 4.48. The van der Waals surface area contributed by atoms with Crippen LogP contribution in [0.5, 0.6) is 0 Å². The van der Waals surface area contributed by atoms with Crippen LogP contribution < -0.4 is 0 Å². The third kappa shape index (κ3) is 2.58. The van der Waals surface area contributed by atoms with Crippen LogP contribution in [-0.2, 0) is 0 Å². The van der Waals surface area contributed by atoms with E-state index < -0.39 is 0 Å². The zero-order valence-electron chi connectivity index (χ0n) is 13.9. The molecular formula is C18H24N4. The Kier molecular flexibility index (Phi) is 4.10. The van der Waals surface area contributed by atoms with Crippen molar-refractivity contribution in [2.24, 2.45) is 10.9 Å². The second-order valence-electron chi connectivity index (χ2n) is 6.36. The van der Waals surface area contributed by atoms with E-state index in [1.807, 2.05) is 24.1 Å². The van der Waals surface area contributed by atoms with Crippen LogP contribution in [0.4, 0.5) is 0 Å². The van der Waals surface area contributed by atoms with Gasteiger partial charge in [0.25, 0.3) is 0 Å². The third-order valence-corrected chi connectivity index (χ3v) is 4.57. The Labute approximate surface area is 132 Å². The van der Waals surface area contributed by atoms with Crippen LogP contribution in [0.2, 0.25) is 0 Å². The molecule has 4 nitrogen and oxygen atoms in total. The number of nitrogens with zero attached hydrogens (tertiary/aromatic N) is 4. The molecule has 2 aromatic rings. The molecular weight excluding hydrogens is 272 g/mol. The average Bonchev–Trinajstić information content (AvgIpc) is 2.92. The minimum Gasteiger partial charge on any atom is -0.292 e. The van der Waals surface area contributed by atoms with Crippen molar-refractivity contribution in [2.45, 2.75) is 46.1 Å². The molecule has 0 unspecified atom stereocenters. The number of aliphatic imine (C=N–C) groups is 1. The van der Waals surface area contributed by atoms with E-state index >= 15 is 0 Å². The molecule has 0 atom stereocenters. The van der Waals surface area contributed by atoms with Crippen molar-refractivity contribution in [1.29, 1.82) is 0 Å². The van der Waals surface area contributed by atoms with Gasteiger partial charge in [-0.05, 0) is 45.2 Å². The molecule has 0 saturated heterocycles. The van der Waals surface area contributed by atoms with E-state index in [0.29, 0.717) is 12.0 Å². The van der Waals surface area contributed by atoms with E-state index in [1.54, 1.807) is 0 Å². The monoisotopic (exact) mass is 296 g/mol. The highest BCUT2D eigenvalue weighted by molar-refractivity contribution is 6.08. The van der Waals surface area contributed by atoms with E-state index in [2.05, 4.69) is 48.1 Å². The summed E-state index contributed by atoms with van der Waals surface area (Å²) in [4.78, 5) is 9.13. The number of aryl methyl sites for hydroxylation is 1. The van der Waals surface area contributed by atoms with Crippen LogP contribution in [0.25, 0.3) is 11.1 Å². The molecule has 4 heteroatoms. The lowest BCUT2D eigenvalue weighted by atomic mass is 9.77. The highest BCUT2D eigenvalue weighted by atomic mass is 15.3. The fraction of sp³-hybridized carbons (Fsp3) is 0.500. The molecule has 1 aliphatic rings. The van der Waals surface area contributed by atoms with Gasteiger partial charge in [-0.1, -0.05) is 6.42 Å². The lowest BCUT2D eigenvalue weighted by Crippen LogP contribution is -2.24. The van der Waals surface area contributed by atoms with Crippen molar-refractivity contribution < 1.29 is 0 Å². The standard InChI is InChI=1S/C18H24N4/c1-12(2)22-11-15(10-21-22)16-8-9-20-13(3)17(16)18(19-4)14-6-5-7-14/h8-12,14H,5-7H2,1-4H3. The molecule has 0 bridgehead atoms. The minimum atomic E-state index is 0.367. The van der Waals surface area contributed by atoms with Crippen LogP contribution in [-0.4, -0.2) is 27.5 Å². The van der Waals surface area contributed by atoms with Crippen molar-refractivity contribution in [1.82, 2.24) is 14.8 Å². The van der Waals surface area contributed by atoms with Gasteiger partial charge < -0.3 is 0 Å². The topological polar surface area (TPSA) is 43.1 Å². The number of aromatic nitrogens is 3. The molecule has 22 heavy (non-hydrogen) atoms. The molecule has 2 aromatic heterocycles. The van der Waals surface area contributed by atoms with Gasteiger partial charge in [0.2, 0.25) is 0 Å². The fourth-order valence-electron chi connectivity index (χ4n) is 3.07. The van der Waals surface area contributed by atoms with Crippen molar-refractivity contribution in [2.75, 3.05) is 7.05 Å². The lowest BCUT2D eigenvalue weighted by Gasteiger charge is -2.28. The second kappa shape index (κ2) is 6.03. The second-order valence-corrected chi connectivity index (χ2v) is 6.36. The zero-order valence-corrected chi connectivity index (χ0v) is 13.9. The number of hydrogen-bond donors (Lipinski definition) is 0. The van der Waals surface area contributed by atoms with E-state index in [9.17, 15) is 0 Å². The summed E-state index contributed by atoms with van der Waals surface area (Å²) in [6.07, 6.45) is 9.75. The first-order chi connectivity index (χ1) is 10.6. The van der Waals surface area contributed by atoms with E-state index in [-0.39, 0.29) is 0 Å². The molecule has 0 radical (unpaired) electrons. The van der Waals surface area contributed by atoms with Crippen molar-refractivity contribution in [3.05, 3.63) is 35.9 Å². The van der Waals surface area contributed by atoms with Crippen molar-refractivity contribution in [3.8, 4) is 11.1 Å². The van der Waals surface area contributed by atoms with Gasteiger partial charge in [-0.2, -0.15) is 5.10 Å². The summed E-state index contributed by atoms with van der Waals surface area (Å²) < 4.78 is 2.00. The number of hydrogen-bond acceptors (Lipinski definition) is 3. The van der Waals surface area contributed by atoms with Crippen molar-refractivity contribution in [3.63, 3.8) is 0 Å². The maximum Gasteiger partial charge on any atom is 0.0568 e.